The van der Waals surface area contributed by atoms with E-state index < -0.39 is 0 Å². The van der Waals surface area contributed by atoms with E-state index in [0.717, 1.165) is 12.8 Å². The molecule has 0 saturated carbocycles. The van der Waals surface area contributed by atoms with Gasteiger partial charge in [0.15, 0.2) is 0 Å². The van der Waals surface area contributed by atoms with Crippen molar-refractivity contribution in [3.8, 4) is 0 Å². The predicted octanol–water partition coefficient (Wildman–Crippen LogP) is 3.82. The Morgan fingerprint density at radius 2 is 1.13 bits per heavy atom. The van der Waals surface area contributed by atoms with Crippen molar-refractivity contribution in [2.75, 3.05) is 0 Å². The topological polar surface area (TPSA) is 0 Å². The maximum atomic E-state index is 4.25. The first-order valence-electron chi connectivity index (χ1n) is 4.25. The van der Waals surface area contributed by atoms with Crippen LogP contribution in [0.2, 0.25) is 0 Å². The minimum Gasteiger partial charge on any atom is -0.521 e. The van der Waals surface area contributed by atoms with Gasteiger partial charge < -0.3 is 13.2 Å². The molecule has 76 valence electrons. The smallest absolute Gasteiger partial charge is 0.521 e. The van der Waals surface area contributed by atoms with E-state index in [9.17, 15) is 0 Å². The summed E-state index contributed by atoms with van der Waals surface area (Å²) >= 11 is 0. The van der Waals surface area contributed by atoms with Gasteiger partial charge in [-0.2, -0.15) is 12.2 Å². The summed E-state index contributed by atoms with van der Waals surface area (Å²) in [6, 6.07) is 0. The van der Waals surface area contributed by atoms with Crippen LogP contribution >= 0.6 is 0 Å². The van der Waals surface area contributed by atoms with Crippen LogP contribution in [0, 0.1) is 25.3 Å². The van der Waals surface area contributed by atoms with E-state index in [1.807, 2.05) is 24.3 Å². The van der Waals surface area contributed by atoms with Gasteiger partial charge in [0.2, 0.25) is 0 Å². The van der Waals surface area contributed by atoms with Crippen molar-refractivity contribution in [3.05, 3.63) is 74.9 Å². The molecule has 15 heavy (non-hydrogen) atoms. The third kappa shape index (κ3) is 19.7. The van der Waals surface area contributed by atoms with Crippen LogP contribution in [0.15, 0.2) is 49.6 Å². The Labute approximate surface area is 114 Å². The van der Waals surface area contributed by atoms with Crippen LogP contribution in [0.1, 0.15) is 12.8 Å². The molecule has 0 heterocycles. The molecular weight excluding hydrogens is 259 g/mol. The van der Waals surface area contributed by atoms with Crippen molar-refractivity contribution in [3.63, 3.8) is 0 Å². The van der Waals surface area contributed by atoms with Crippen LogP contribution in [0.3, 0.4) is 0 Å². The molecule has 0 aromatic heterocycles. The van der Waals surface area contributed by atoms with E-state index in [4.69, 9.17) is 0 Å². The second-order valence-corrected chi connectivity index (χ2v) is 2.01. The summed E-state index contributed by atoms with van der Waals surface area (Å²) in [7, 11) is 0. The van der Waals surface area contributed by atoms with Crippen molar-refractivity contribution in [2.45, 2.75) is 12.8 Å². The molecule has 0 nitrogen and oxygen atoms in total. The van der Waals surface area contributed by atoms with Gasteiger partial charge in [0.25, 0.3) is 0 Å². The van der Waals surface area contributed by atoms with Gasteiger partial charge in [-0.25, -0.2) is 24.3 Å². The molecule has 0 atom stereocenters. The van der Waals surface area contributed by atoms with E-state index in [1.54, 1.807) is 0 Å². The normalized spacial score (nSPS) is 12.3. The van der Waals surface area contributed by atoms with Crippen molar-refractivity contribution in [1.82, 2.24) is 0 Å². The average molecular weight is 276 g/mol. The van der Waals surface area contributed by atoms with Crippen LogP contribution in [-0.4, -0.2) is 0 Å². The largest absolute Gasteiger partial charge is 4.00 e. The Morgan fingerprint density at radius 1 is 0.800 bits per heavy atom. The molecule has 0 unspecified atom stereocenters. The molecule has 0 bridgehead atoms. The zero-order chi connectivity index (χ0) is 11.1. The Hall–Kier alpha value is -0.677. The van der Waals surface area contributed by atoms with Gasteiger partial charge in [-0.05, 0) is 0 Å². The maximum Gasteiger partial charge on any atom is 4.00 e. The van der Waals surface area contributed by atoms with Gasteiger partial charge >= 0.3 is 26.2 Å². The molecule has 2 aliphatic rings. The van der Waals surface area contributed by atoms with Crippen LogP contribution in [0.4, 0.5) is 0 Å². The molecule has 0 aromatic rings. The first-order chi connectivity index (χ1) is 7.00. The molecule has 0 amide bonds. The van der Waals surface area contributed by atoms with E-state index in [1.165, 1.54) is 0 Å². The summed E-state index contributed by atoms with van der Waals surface area (Å²) in [5.74, 6) is 0. The molecule has 2 rings (SSSR count). The number of hydrogen-bond acceptors (Lipinski definition) is 0. The van der Waals surface area contributed by atoms with Crippen LogP contribution < -0.4 is 0 Å². The third-order valence-electron chi connectivity index (χ3n) is 1.17. The fourth-order valence-electron chi connectivity index (χ4n) is 0.680. The van der Waals surface area contributed by atoms with Gasteiger partial charge in [0.1, 0.15) is 0 Å². The first-order valence-corrected chi connectivity index (χ1v) is 4.25. The predicted molar refractivity (Wildman–Crippen MR) is 63.0 cm³/mol. The zero-order valence-corrected chi connectivity index (χ0v) is 11.4. The average Bonchev–Trinajstić information content (AvgIpc) is 3.01. The molecule has 0 saturated heterocycles. The molecule has 1 heteroatoms. The van der Waals surface area contributed by atoms with Crippen molar-refractivity contribution >= 4 is 0 Å². The summed E-state index contributed by atoms with van der Waals surface area (Å²) in [6.07, 6.45) is 20.0. The van der Waals surface area contributed by atoms with Gasteiger partial charge in [0, 0.05) is 0 Å². The summed E-state index contributed by atoms with van der Waals surface area (Å²) in [4.78, 5) is 0. The third-order valence-corrected chi connectivity index (χ3v) is 1.17. The number of hydrogen-bond donors (Lipinski definition) is 0. The molecule has 0 aliphatic heterocycles. The van der Waals surface area contributed by atoms with Crippen LogP contribution in [0.5, 0.6) is 0 Å². The van der Waals surface area contributed by atoms with E-state index in [2.05, 4.69) is 50.6 Å². The second-order valence-electron chi connectivity index (χ2n) is 2.01. The van der Waals surface area contributed by atoms with Gasteiger partial charge in [-0.3, -0.25) is 25.3 Å². The minimum absolute atomic E-state index is 0. The van der Waals surface area contributed by atoms with E-state index >= 15 is 0 Å². The van der Waals surface area contributed by atoms with Gasteiger partial charge in [-0.1, -0.05) is 0 Å². The van der Waals surface area contributed by atoms with Crippen LogP contribution in [-0.2, 0) is 26.2 Å². The van der Waals surface area contributed by atoms with Crippen molar-refractivity contribution in [1.29, 1.82) is 0 Å². The Bertz CT molecular complexity index is 165. The fourth-order valence-corrected chi connectivity index (χ4v) is 0.680. The Kier molecular flexibility index (Phi) is 30.8. The zero-order valence-electron chi connectivity index (χ0n) is 8.95. The number of allylic oxidation sites excluding steroid dienone is 8. The summed E-state index contributed by atoms with van der Waals surface area (Å²) in [5, 5.41) is 0. The van der Waals surface area contributed by atoms with E-state index in [0.29, 0.717) is 0 Å². The quantitative estimate of drug-likeness (QED) is 0.590. The van der Waals surface area contributed by atoms with E-state index in [-0.39, 0.29) is 26.2 Å². The van der Waals surface area contributed by atoms with Crippen LogP contribution in [0.25, 0.3) is 0 Å². The molecule has 2 aliphatic carbocycles. The molecule has 0 N–H and O–H groups in total. The molecular formula is C14H16Zr. The summed E-state index contributed by atoms with van der Waals surface area (Å²) in [6.45, 7) is 14.0. The Balaban J connectivity index is -0.000000138. The minimum atomic E-state index is 0. The standard InChI is InChI=1S/2C5H5.2C2H3.Zr/c2*1-2-4-5-3-1;2*1-2;/h2*1-3H,4H2;2*1H,2H2;/q4*-1;+4. The second kappa shape index (κ2) is 23.3. The number of rotatable bonds is 0. The van der Waals surface area contributed by atoms with Crippen molar-refractivity contribution in [2.24, 2.45) is 0 Å². The monoisotopic (exact) mass is 274 g/mol. The maximum absolute atomic E-state index is 4.25. The summed E-state index contributed by atoms with van der Waals surface area (Å²) in [5.41, 5.74) is 0. The SMILES string of the molecule is [C-]1=CC=CC1.[C-]1=CC=CC1.[CH-]=C.[CH-]=C.[Zr+4]. The molecule has 0 fully saturated rings. The Morgan fingerprint density at radius 3 is 1.20 bits per heavy atom. The fraction of sp³-hybridized carbons (Fsp3) is 0.143. The van der Waals surface area contributed by atoms with Gasteiger partial charge in [0.05, 0.1) is 0 Å². The molecule has 0 spiro atoms. The molecule has 0 aromatic carbocycles. The van der Waals surface area contributed by atoms with Crippen molar-refractivity contribution < 1.29 is 26.2 Å². The first kappa shape index (κ1) is 19.8. The molecule has 0 radical (unpaired) electrons. The van der Waals surface area contributed by atoms with Gasteiger partial charge in [-0.15, -0.1) is 12.8 Å². The summed E-state index contributed by atoms with van der Waals surface area (Å²) < 4.78 is 0.